The summed E-state index contributed by atoms with van der Waals surface area (Å²) in [6.07, 6.45) is 3.12. The van der Waals surface area contributed by atoms with Gasteiger partial charge >= 0.3 is 5.97 Å². The van der Waals surface area contributed by atoms with Crippen LogP contribution in [0.2, 0.25) is 0 Å². The normalized spacial score (nSPS) is 22.6. The van der Waals surface area contributed by atoms with Crippen molar-refractivity contribution in [2.45, 2.75) is 38.6 Å². The van der Waals surface area contributed by atoms with E-state index in [-0.39, 0.29) is 36.9 Å². The molecule has 7 heteroatoms. The van der Waals surface area contributed by atoms with Crippen molar-refractivity contribution in [2.24, 2.45) is 11.8 Å². The van der Waals surface area contributed by atoms with Crippen LogP contribution >= 0.6 is 0 Å². The van der Waals surface area contributed by atoms with Crippen molar-refractivity contribution in [1.29, 1.82) is 0 Å². The Balaban J connectivity index is 1.55. The Hall–Kier alpha value is -2.57. The summed E-state index contributed by atoms with van der Waals surface area (Å²) in [5, 5.41) is 12.0. The maximum absolute atomic E-state index is 12.4. The van der Waals surface area contributed by atoms with Crippen LogP contribution in [0, 0.1) is 11.8 Å². The Labute approximate surface area is 152 Å². The number of anilines is 1. The van der Waals surface area contributed by atoms with Gasteiger partial charge in [0.15, 0.2) is 6.61 Å². The van der Waals surface area contributed by atoms with Crippen molar-refractivity contribution in [1.82, 2.24) is 4.90 Å². The Bertz CT molecular complexity index is 701. The highest BCUT2D eigenvalue weighted by Crippen LogP contribution is 2.30. The lowest BCUT2D eigenvalue weighted by Crippen LogP contribution is -2.49. The van der Waals surface area contributed by atoms with Crippen LogP contribution in [-0.2, 0) is 14.4 Å². The first-order chi connectivity index (χ1) is 12.4. The van der Waals surface area contributed by atoms with Crippen molar-refractivity contribution >= 4 is 23.5 Å². The van der Waals surface area contributed by atoms with Crippen molar-refractivity contribution in [2.75, 3.05) is 18.5 Å². The number of likely N-dealkylation sites (tertiary alicyclic amines) is 1. The molecule has 0 bridgehead atoms. The third-order valence-electron chi connectivity index (χ3n) is 4.96. The average Bonchev–Trinajstić information content (AvgIpc) is 3.45. The number of carboxylic acids is 1. The molecule has 26 heavy (non-hydrogen) atoms. The molecule has 2 amide bonds. The largest absolute Gasteiger partial charge is 0.484 e. The number of hydrogen-bond donors (Lipinski definition) is 2. The minimum absolute atomic E-state index is 0.00543. The molecule has 2 fully saturated rings. The van der Waals surface area contributed by atoms with E-state index in [1.165, 1.54) is 0 Å². The molecule has 2 unspecified atom stereocenters. The number of benzene rings is 1. The predicted molar refractivity (Wildman–Crippen MR) is 94.8 cm³/mol. The zero-order chi connectivity index (χ0) is 18.7. The van der Waals surface area contributed by atoms with Crippen molar-refractivity contribution in [3.63, 3.8) is 0 Å². The standard InChI is InChI=1S/C19H24N2O5/c1-12-5-6-14(19(24)25)10-21(12)17(22)11-26-16-4-2-3-15(9-16)20-18(23)13-7-8-13/h2-4,9,12-14H,5-8,10-11H2,1H3,(H,20,23)(H,24,25). The number of piperidine rings is 1. The molecule has 1 aliphatic carbocycles. The molecule has 3 rings (SSSR count). The Kier molecular flexibility index (Phi) is 5.44. The van der Waals surface area contributed by atoms with E-state index >= 15 is 0 Å². The van der Waals surface area contributed by atoms with Crippen LogP contribution in [0.25, 0.3) is 0 Å². The molecule has 1 saturated carbocycles. The molecule has 1 heterocycles. The summed E-state index contributed by atoms with van der Waals surface area (Å²) in [6.45, 7) is 1.98. The van der Waals surface area contributed by atoms with Crippen molar-refractivity contribution in [3.05, 3.63) is 24.3 Å². The summed E-state index contributed by atoms with van der Waals surface area (Å²) in [7, 11) is 0. The third-order valence-corrected chi connectivity index (χ3v) is 4.96. The molecular formula is C19H24N2O5. The number of carbonyl (C=O) groups excluding carboxylic acids is 2. The fourth-order valence-corrected chi connectivity index (χ4v) is 3.14. The van der Waals surface area contributed by atoms with E-state index in [2.05, 4.69) is 5.32 Å². The highest BCUT2D eigenvalue weighted by molar-refractivity contribution is 5.94. The van der Waals surface area contributed by atoms with Gasteiger partial charge in [-0.15, -0.1) is 0 Å². The molecule has 2 N–H and O–H groups in total. The van der Waals surface area contributed by atoms with Gasteiger partial charge < -0.3 is 20.1 Å². The van der Waals surface area contributed by atoms with Crippen molar-refractivity contribution < 1.29 is 24.2 Å². The summed E-state index contributed by atoms with van der Waals surface area (Å²) in [6, 6.07) is 6.95. The van der Waals surface area contributed by atoms with E-state index in [1.54, 1.807) is 29.2 Å². The highest BCUT2D eigenvalue weighted by atomic mass is 16.5. The average molecular weight is 360 g/mol. The first kappa shape index (κ1) is 18.2. The SMILES string of the molecule is CC1CCC(C(=O)O)CN1C(=O)COc1cccc(NC(=O)C2CC2)c1. The number of nitrogens with zero attached hydrogens (tertiary/aromatic N) is 1. The molecule has 2 atom stereocenters. The highest BCUT2D eigenvalue weighted by Gasteiger charge is 2.32. The molecule has 7 nitrogen and oxygen atoms in total. The van der Waals surface area contributed by atoms with Crippen LogP contribution in [0.15, 0.2) is 24.3 Å². The van der Waals surface area contributed by atoms with Gasteiger partial charge in [0.25, 0.3) is 5.91 Å². The van der Waals surface area contributed by atoms with Crippen LogP contribution in [0.5, 0.6) is 5.75 Å². The summed E-state index contributed by atoms with van der Waals surface area (Å²) < 4.78 is 5.57. The molecule has 0 aromatic heterocycles. The van der Waals surface area contributed by atoms with Gasteiger partial charge in [-0.1, -0.05) is 6.07 Å². The van der Waals surface area contributed by atoms with E-state index in [0.29, 0.717) is 24.3 Å². The lowest BCUT2D eigenvalue weighted by molar-refractivity contribution is -0.147. The first-order valence-corrected chi connectivity index (χ1v) is 9.00. The maximum atomic E-state index is 12.4. The third kappa shape index (κ3) is 4.53. The van der Waals surface area contributed by atoms with Crippen LogP contribution in [0.4, 0.5) is 5.69 Å². The fourth-order valence-electron chi connectivity index (χ4n) is 3.14. The number of ether oxygens (including phenoxy) is 1. The molecule has 1 aromatic rings. The summed E-state index contributed by atoms with van der Waals surface area (Å²) >= 11 is 0. The van der Waals surface area contributed by atoms with E-state index < -0.39 is 11.9 Å². The van der Waals surface area contributed by atoms with Gasteiger partial charge in [-0.3, -0.25) is 14.4 Å². The number of nitrogens with one attached hydrogen (secondary N) is 1. The van der Waals surface area contributed by atoms with Crippen LogP contribution in [0.1, 0.15) is 32.6 Å². The fraction of sp³-hybridized carbons (Fsp3) is 0.526. The Morgan fingerprint density at radius 2 is 1.92 bits per heavy atom. The molecule has 0 spiro atoms. The molecule has 140 valence electrons. The number of aliphatic carboxylic acids is 1. The second-order valence-corrected chi connectivity index (χ2v) is 7.09. The van der Waals surface area contributed by atoms with Crippen LogP contribution in [0.3, 0.4) is 0 Å². The van der Waals surface area contributed by atoms with E-state index in [0.717, 1.165) is 12.8 Å². The minimum Gasteiger partial charge on any atom is -0.484 e. The van der Waals surface area contributed by atoms with Gasteiger partial charge in [0.2, 0.25) is 5.91 Å². The van der Waals surface area contributed by atoms with E-state index in [1.807, 2.05) is 6.92 Å². The molecule has 2 aliphatic rings. The van der Waals surface area contributed by atoms with Crippen molar-refractivity contribution in [3.8, 4) is 5.75 Å². The number of rotatable bonds is 6. The van der Waals surface area contributed by atoms with Crippen LogP contribution in [-0.4, -0.2) is 47.0 Å². The number of amides is 2. The lowest BCUT2D eigenvalue weighted by Gasteiger charge is -2.36. The first-order valence-electron chi connectivity index (χ1n) is 9.00. The Morgan fingerprint density at radius 1 is 1.19 bits per heavy atom. The molecule has 0 radical (unpaired) electrons. The summed E-state index contributed by atoms with van der Waals surface area (Å²) in [5.41, 5.74) is 0.643. The smallest absolute Gasteiger partial charge is 0.308 e. The van der Waals surface area contributed by atoms with Gasteiger partial charge in [-0.2, -0.15) is 0 Å². The number of hydrogen-bond acceptors (Lipinski definition) is 4. The van der Waals surface area contributed by atoms with E-state index in [4.69, 9.17) is 4.74 Å². The lowest BCUT2D eigenvalue weighted by atomic mass is 9.93. The molecule has 1 aromatic carbocycles. The monoisotopic (exact) mass is 360 g/mol. The van der Waals surface area contributed by atoms with Gasteiger partial charge in [0.05, 0.1) is 5.92 Å². The molecule has 1 aliphatic heterocycles. The summed E-state index contributed by atoms with van der Waals surface area (Å²) in [5.74, 6) is -0.989. The van der Waals surface area contributed by atoms with Gasteiger partial charge in [0, 0.05) is 30.3 Å². The quantitative estimate of drug-likeness (QED) is 0.810. The summed E-state index contributed by atoms with van der Waals surface area (Å²) in [4.78, 5) is 37.0. The number of carbonyl (C=O) groups is 3. The Morgan fingerprint density at radius 3 is 2.62 bits per heavy atom. The van der Waals surface area contributed by atoms with Gasteiger partial charge in [-0.05, 0) is 44.7 Å². The topological polar surface area (TPSA) is 95.9 Å². The van der Waals surface area contributed by atoms with E-state index in [9.17, 15) is 19.5 Å². The maximum Gasteiger partial charge on any atom is 0.308 e. The predicted octanol–water partition coefficient (Wildman–Crippen LogP) is 2.13. The molecule has 1 saturated heterocycles. The van der Waals surface area contributed by atoms with Gasteiger partial charge in [-0.25, -0.2) is 0 Å². The van der Waals surface area contributed by atoms with Gasteiger partial charge in [0.1, 0.15) is 5.75 Å². The zero-order valence-electron chi connectivity index (χ0n) is 14.8. The van der Waals surface area contributed by atoms with Crippen LogP contribution < -0.4 is 10.1 Å². The number of carboxylic acid groups (broad SMARTS) is 1. The second kappa shape index (κ2) is 7.76. The minimum atomic E-state index is -0.866. The zero-order valence-corrected chi connectivity index (χ0v) is 14.8. The second-order valence-electron chi connectivity index (χ2n) is 7.09. The molecular weight excluding hydrogens is 336 g/mol.